The number of allylic oxidation sites excluding steroid dienone is 3. The third kappa shape index (κ3) is 5.34. The maximum Gasteiger partial charge on any atom is 0.0980 e. The fraction of sp³-hybridized carbons (Fsp3) is 0.375. The van der Waals surface area contributed by atoms with Crippen molar-refractivity contribution in [2.45, 2.75) is 19.1 Å². The first-order chi connectivity index (χ1) is 5.18. The van der Waals surface area contributed by atoms with Gasteiger partial charge in [-0.1, -0.05) is 18.2 Å². The third-order valence-corrected chi connectivity index (χ3v) is 1.08. The van der Waals surface area contributed by atoms with Gasteiger partial charge in [0.05, 0.1) is 18.3 Å². The molecule has 0 aliphatic heterocycles. The van der Waals surface area contributed by atoms with Gasteiger partial charge in [0.15, 0.2) is 0 Å². The second-order valence-electron chi connectivity index (χ2n) is 2.10. The van der Waals surface area contributed by atoms with Crippen LogP contribution in [0.4, 0.5) is 0 Å². The van der Waals surface area contributed by atoms with Crippen molar-refractivity contribution in [1.82, 2.24) is 0 Å². The Morgan fingerprint density at radius 2 is 2.00 bits per heavy atom. The summed E-state index contributed by atoms with van der Waals surface area (Å²) in [6.45, 7) is 1.49. The second-order valence-corrected chi connectivity index (χ2v) is 2.10. The molecule has 0 radical (unpaired) electrons. The quantitative estimate of drug-likeness (QED) is 0.454. The Hall–Kier alpha value is -1.11. The highest BCUT2D eigenvalue weighted by Crippen LogP contribution is 1.93. The Balaban J connectivity index is 3.76. The number of aliphatic hydroxyl groups excluding tert-OH is 2. The summed E-state index contributed by atoms with van der Waals surface area (Å²) in [5, 5.41) is 25.8. The fourth-order valence-electron chi connectivity index (χ4n) is 0.437. The van der Waals surface area contributed by atoms with E-state index in [4.69, 9.17) is 15.5 Å². The number of hydrogen-bond acceptors (Lipinski definition) is 3. The lowest BCUT2D eigenvalue weighted by molar-refractivity contribution is 0.0619. The van der Waals surface area contributed by atoms with Gasteiger partial charge < -0.3 is 10.2 Å². The van der Waals surface area contributed by atoms with E-state index in [2.05, 4.69) is 0 Å². The van der Waals surface area contributed by atoms with Gasteiger partial charge in [-0.05, 0) is 6.92 Å². The maximum absolute atomic E-state index is 8.97. The normalized spacial score (nSPS) is 16.9. The fourth-order valence-corrected chi connectivity index (χ4v) is 0.437. The first kappa shape index (κ1) is 9.89. The van der Waals surface area contributed by atoms with Crippen molar-refractivity contribution in [3.8, 4) is 6.07 Å². The Labute approximate surface area is 65.9 Å². The Morgan fingerprint density at radius 3 is 2.45 bits per heavy atom. The molecule has 2 N–H and O–H groups in total. The average Bonchev–Trinajstić information content (AvgIpc) is 1.97. The topological polar surface area (TPSA) is 64.2 Å². The standard InChI is InChI=1S/C8H11NO2/c1-7(10)8(11)5-3-2-4-6-9/h2-5,7-8,10-11H,1H3/b4-2+,5-3+/t7-,8+/m1/s1. The van der Waals surface area contributed by atoms with Crippen molar-refractivity contribution in [1.29, 1.82) is 5.26 Å². The van der Waals surface area contributed by atoms with Crippen LogP contribution in [0.2, 0.25) is 0 Å². The van der Waals surface area contributed by atoms with Crippen molar-refractivity contribution in [2.24, 2.45) is 0 Å². The predicted molar refractivity (Wildman–Crippen MR) is 41.6 cm³/mol. The van der Waals surface area contributed by atoms with Gasteiger partial charge in [0, 0.05) is 6.08 Å². The van der Waals surface area contributed by atoms with Crippen LogP contribution < -0.4 is 0 Å². The van der Waals surface area contributed by atoms with E-state index in [1.165, 1.54) is 31.2 Å². The molecule has 0 saturated carbocycles. The van der Waals surface area contributed by atoms with Crippen molar-refractivity contribution in [3.63, 3.8) is 0 Å². The van der Waals surface area contributed by atoms with E-state index in [0.29, 0.717) is 0 Å². The summed E-state index contributed by atoms with van der Waals surface area (Å²) in [4.78, 5) is 0. The molecule has 3 heteroatoms. The molecule has 0 spiro atoms. The number of hydrogen-bond donors (Lipinski definition) is 2. The molecule has 2 atom stereocenters. The van der Waals surface area contributed by atoms with Gasteiger partial charge in [0.25, 0.3) is 0 Å². The molecular formula is C8H11NO2. The first-order valence-electron chi connectivity index (χ1n) is 3.27. The zero-order chi connectivity index (χ0) is 8.69. The van der Waals surface area contributed by atoms with Gasteiger partial charge in [0.2, 0.25) is 0 Å². The van der Waals surface area contributed by atoms with E-state index in [-0.39, 0.29) is 0 Å². The number of rotatable bonds is 3. The summed E-state index contributed by atoms with van der Waals surface area (Å²) in [5.41, 5.74) is 0. The molecule has 0 aromatic rings. The lowest BCUT2D eigenvalue weighted by Crippen LogP contribution is -2.19. The molecule has 0 amide bonds. The summed E-state index contributed by atoms with van der Waals surface area (Å²) in [5.74, 6) is 0. The molecule has 11 heavy (non-hydrogen) atoms. The zero-order valence-electron chi connectivity index (χ0n) is 6.31. The van der Waals surface area contributed by atoms with E-state index in [0.717, 1.165) is 0 Å². The van der Waals surface area contributed by atoms with E-state index in [9.17, 15) is 0 Å². The minimum absolute atomic E-state index is 0.776. The molecule has 0 aliphatic rings. The zero-order valence-corrected chi connectivity index (χ0v) is 6.31. The van der Waals surface area contributed by atoms with Crippen LogP contribution >= 0.6 is 0 Å². The minimum Gasteiger partial charge on any atom is -0.390 e. The smallest absolute Gasteiger partial charge is 0.0980 e. The number of nitriles is 1. The molecular weight excluding hydrogens is 142 g/mol. The molecule has 0 heterocycles. The lowest BCUT2D eigenvalue weighted by Gasteiger charge is -2.06. The van der Waals surface area contributed by atoms with Gasteiger partial charge in [-0.25, -0.2) is 0 Å². The molecule has 0 saturated heterocycles. The molecule has 0 bridgehead atoms. The number of aliphatic hydroxyl groups is 2. The van der Waals surface area contributed by atoms with Crippen LogP contribution in [0.25, 0.3) is 0 Å². The van der Waals surface area contributed by atoms with E-state index >= 15 is 0 Å². The van der Waals surface area contributed by atoms with Gasteiger partial charge >= 0.3 is 0 Å². The summed E-state index contributed by atoms with van der Waals surface area (Å²) < 4.78 is 0. The number of nitrogens with zero attached hydrogens (tertiary/aromatic N) is 1. The van der Waals surface area contributed by atoms with Crippen LogP contribution in [0, 0.1) is 11.3 Å². The third-order valence-electron chi connectivity index (χ3n) is 1.08. The van der Waals surface area contributed by atoms with Crippen molar-refractivity contribution in [2.75, 3.05) is 0 Å². The highest BCUT2D eigenvalue weighted by Gasteiger charge is 2.03. The molecule has 0 aliphatic carbocycles. The largest absolute Gasteiger partial charge is 0.390 e. The first-order valence-corrected chi connectivity index (χ1v) is 3.27. The molecule has 0 unspecified atom stereocenters. The van der Waals surface area contributed by atoms with Crippen LogP contribution in [0.15, 0.2) is 24.3 Å². The molecule has 0 rings (SSSR count). The minimum atomic E-state index is -0.863. The Kier molecular flexibility index (Phi) is 5.09. The summed E-state index contributed by atoms with van der Waals surface area (Å²) in [6.07, 6.45) is 4.07. The summed E-state index contributed by atoms with van der Waals surface area (Å²) >= 11 is 0. The van der Waals surface area contributed by atoms with Gasteiger partial charge in [-0.15, -0.1) is 0 Å². The van der Waals surface area contributed by atoms with Crippen LogP contribution in [-0.4, -0.2) is 22.4 Å². The highest BCUT2D eigenvalue weighted by molar-refractivity contribution is 5.12. The Bertz CT molecular complexity index is 189. The molecule has 60 valence electrons. The van der Waals surface area contributed by atoms with Crippen LogP contribution in [-0.2, 0) is 0 Å². The van der Waals surface area contributed by atoms with Crippen molar-refractivity contribution in [3.05, 3.63) is 24.3 Å². The maximum atomic E-state index is 8.97. The second kappa shape index (κ2) is 5.66. The summed E-state index contributed by atoms with van der Waals surface area (Å²) in [6, 6.07) is 1.79. The Morgan fingerprint density at radius 1 is 1.36 bits per heavy atom. The average molecular weight is 153 g/mol. The van der Waals surface area contributed by atoms with Crippen LogP contribution in [0.3, 0.4) is 0 Å². The van der Waals surface area contributed by atoms with Crippen LogP contribution in [0.1, 0.15) is 6.92 Å². The molecule has 3 nitrogen and oxygen atoms in total. The van der Waals surface area contributed by atoms with Crippen LogP contribution in [0.5, 0.6) is 0 Å². The van der Waals surface area contributed by atoms with Crippen molar-refractivity contribution < 1.29 is 10.2 Å². The van der Waals surface area contributed by atoms with E-state index in [1.54, 1.807) is 6.07 Å². The van der Waals surface area contributed by atoms with Gasteiger partial charge in [-0.2, -0.15) is 5.26 Å². The van der Waals surface area contributed by atoms with Gasteiger partial charge in [0.1, 0.15) is 0 Å². The monoisotopic (exact) mass is 153 g/mol. The van der Waals surface area contributed by atoms with E-state index in [1.807, 2.05) is 0 Å². The SMILES string of the molecule is C[C@@H](O)[C@@H](O)/C=C/C=C/C#N. The molecule has 0 aromatic heterocycles. The lowest BCUT2D eigenvalue weighted by atomic mass is 10.2. The highest BCUT2D eigenvalue weighted by atomic mass is 16.3. The van der Waals surface area contributed by atoms with Crippen molar-refractivity contribution >= 4 is 0 Å². The predicted octanol–water partition coefficient (Wildman–Crippen LogP) is 0.364. The molecule has 0 fully saturated rings. The molecule has 0 aromatic carbocycles. The van der Waals surface area contributed by atoms with E-state index < -0.39 is 12.2 Å². The summed E-state index contributed by atoms with van der Waals surface area (Å²) in [7, 11) is 0. The van der Waals surface area contributed by atoms with Gasteiger partial charge in [-0.3, -0.25) is 0 Å².